The quantitative estimate of drug-likeness (QED) is 0.894. The maximum Gasteiger partial charge on any atom is 0.416 e. The van der Waals surface area contributed by atoms with Crippen LogP contribution < -0.4 is 11.1 Å². The normalized spacial score (nSPS) is 13.9. The van der Waals surface area contributed by atoms with Crippen molar-refractivity contribution >= 4 is 5.91 Å². The van der Waals surface area contributed by atoms with Crippen LogP contribution in [0.2, 0.25) is 0 Å². The lowest BCUT2D eigenvalue weighted by Crippen LogP contribution is -2.43. The summed E-state index contributed by atoms with van der Waals surface area (Å²) in [5, 5.41) is 2.63. The maximum atomic E-state index is 12.7. The predicted octanol–water partition coefficient (Wildman–Crippen LogP) is 2.45. The third kappa shape index (κ3) is 4.23. The second-order valence-corrected chi connectivity index (χ2v) is 5.47. The van der Waals surface area contributed by atoms with Crippen molar-refractivity contribution in [2.24, 2.45) is 5.73 Å². The van der Waals surface area contributed by atoms with Crippen molar-refractivity contribution in [1.29, 1.82) is 0 Å². The van der Waals surface area contributed by atoms with Crippen molar-refractivity contribution in [3.05, 3.63) is 35.4 Å². The van der Waals surface area contributed by atoms with Crippen LogP contribution in [-0.2, 0) is 16.4 Å². The summed E-state index contributed by atoms with van der Waals surface area (Å²) >= 11 is 0. The summed E-state index contributed by atoms with van der Waals surface area (Å²) in [6.45, 7) is 5.30. The first-order valence-electron chi connectivity index (χ1n) is 6.25. The molecule has 1 amide bonds. The van der Waals surface area contributed by atoms with Crippen LogP contribution in [0.4, 0.5) is 13.2 Å². The topological polar surface area (TPSA) is 55.1 Å². The van der Waals surface area contributed by atoms with Crippen molar-refractivity contribution in [3.63, 3.8) is 0 Å². The molecule has 6 heteroatoms. The van der Waals surface area contributed by atoms with Gasteiger partial charge in [-0.1, -0.05) is 32.0 Å². The van der Waals surface area contributed by atoms with E-state index < -0.39 is 23.2 Å². The van der Waals surface area contributed by atoms with Crippen LogP contribution in [0.25, 0.3) is 0 Å². The van der Waals surface area contributed by atoms with Crippen molar-refractivity contribution in [3.8, 4) is 0 Å². The summed E-state index contributed by atoms with van der Waals surface area (Å²) in [6.07, 6.45) is -4.37. The van der Waals surface area contributed by atoms with Crippen LogP contribution >= 0.6 is 0 Å². The Labute approximate surface area is 116 Å². The average molecular weight is 288 g/mol. The Morgan fingerprint density at radius 3 is 2.35 bits per heavy atom. The molecule has 0 fully saturated rings. The van der Waals surface area contributed by atoms with Crippen molar-refractivity contribution in [1.82, 2.24) is 5.32 Å². The zero-order valence-corrected chi connectivity index (χ0v) is 11.7. The van der Waals surface area contributed by atoms with Gasteiger partial charge < -0.3 is 11.1 Å². The first kappa shape index (κ1) is 16.5. The molecule has 20 heavy (non-hydrogen) atoms. The number of nitrogens with two attached hydrogens (primary N) is 1. The zero-order valence-electron chi connectivity index (χ0n) is 11.7. The van der Waals surface area contributed by atoms with Crippen LogP contribution in [0.1, 0.15) is 31.9 Å². The summed E-state index contributed by atoms with van der Waals surface area (Å²) in [7, 11) is 0. The number of hydrogen-bond donors (Lipinski definition) is 2. The molecule has 3 nitrogen and oxygen atoms in total. The highest BCUT2D eigenvalue weighted by molar-refractivity contribution is 5.81. The summed E-state index contributed by atoms with van der Waals surface area (Å²) < 4.78 is 38.1. The molecule has 0 aliphatic heterocycles. The monoisotopic (exact) mass is 288 g/mol. The number of carbonyl (C=O) groups excluding carboxylic acids is 1. The minimum absolute atomic E-state index is 0.217. The SMILES string of the molecule is C[C@@H](N)C(=O)NCC(C)(C)c1cccc(C(F)(F)F)c1. The summed E-state index contributed by atoms with van der Waals surface area (Å²) in [6, 6.07) is 4.48. The van der Waals surface area contributed by atoms with E-state index in [9.17, 15) is 18.0 Å². The van der Waals surface area contributed by atoms with Crippen LogP contribution in [0.5, 0.6) is 0 Å². The van der Waals surface area contributed by atoms with Gasteiger partial charge >= 0.3 is 6.18 Å². The summed E-state index contributed by atoms with van der Waals surface area (Å²) in [4.78, 5) is 11.4. The molecule has 0 aromatic heterocycles. The van der Waals surface area contributed by atoms with E-state index in [1.807, 2.05) is 0 Å². The minimum atomic E-state index is -4.37. The third-order valence-corrected chi connectivity index (χ3v) is 3.09. The number of amides is 1. The van der Waals surface area contributed by atoms with E-state index in [1.165, 1.54) is 6.07 Å². The number of rotatable bonds is 4. The molecule has 1 aromatic rings. The molecule has 0 radical (unpaired) electrons. The van der Waals surface area contributed by atoms with Gasteiger partial charge in [-0.3, -0.25) is 4.79 Å². The second kappa shape index (κ2) is 5.83. The molecule has 0 aliphatic carbocycles. The molecule has 0 saturated heterocycles. The molecule has 1 atom stereocenters. The van der Waals surface area contributed by atoms with Crippen LogP contribution in [0.3, 0.4) is 0 Å². The highest BCUT2D eigenvalue weighted by Crippen LogP contribution is 2.32. The lowest BCUT2D eigenvalue weighted by molar-refractivity contribution is -0.137. The smallest absolute Gasteiger partial charge is 0.354 e. The van der Waals surface area contributed by atoms with E-state index in [0.717, 1.165) is 12.1 Å². The Bertz CT molecular complexity index is 482. The Kier molecular flexibility index (Phi) is 4.81. The largest absolute Gasteiger partial charge is 0.416 e. The van der Waals surface area contributed by atoms with Crippen LogP contribution in [0.15, 0.2) is 24.3 Å². The molecule has 0 aliphatic rings. The van der Waals surface area contributed by atoms with Gasteiger partial charge in [0.05, 0.1) is 11.6 Å². The summed E-state index contributed by atoms with van der Waals surface area (Å²) in [5.74, 6) is -0.329. The van der Waals surface area contributed by atoms with E-state index in [2.05, 4.69) is 5.32 Å². The van der Waals surface area contributed by atoms with Crippen molar-refractivity contribution < 1.29 is 18.0 Å². The van der Waals surface area contributed by atoms with Gasteiger partial charge in [-0.15, -0.1) is 0 Å². The highest BCUT2D eigenvalue weighted by Gasteiger charge is 2.32. The molecule has 112 valence electrons. The number of nitrogens with one attached hydrogen (secondary N) is 1. The van der Waals surface area contributed by atoms with Crippen molar-refractivity contribution in [2.75, 3.05) is 6.54 Å². The number of halogens is 3. The van der Waals surface area contributed by atoms with Crippen LogP contribution in [0, 0.1) is 0 Å². The van der Waals surface area contributed by atoms with Gasteiger partial charge in [0.25, 0.3) is 0 Å². The van der Waals surface area contributed by atoms with E-state index in [0.29, 0.717) is 5.56 Å². The van der Waals surface area contributed by atoms with Gasteiger partial charge in [-0.05, 0) is 18.6 Å². The number of alkyl halides is 3. The van der Waals surface area contributed by atoms with Crippen LogP contribution in [-0.4, -0.2) is 18.5 Å². The Hall–Kier alpha value is -1.56. The molecule has 0 saturated carbocycles. The molecule has 1 rings (SSSR count). The number of hydrogen-bond acceptors (Lipinski definition) is 2. The van der Waals surface area contributed by atoms with E-state index >= 15 is 0 Å². The fourth-order valence-electron chi connectivity index (χ4n) is 1.69. The summed E-state index contributed by atoms with van der Waals surface area (Å²) in [5.41, 5.74) is 4.62. The van der Waals surface area contributed by atoms with E-state index in [4.69, 9.17) is 5.73 Å². The van der Waals surface area contributed by atoms with Crippen molar-refractivity contribution in [2.45, 2.75) is 38.4 Å². The molecule has 0 spiro atoms. The van der Waals surface area contributed by atoms with E-state index in [-0.39, 0.29) is 12.5 Å². The molecule has 3 N–H and O–H groups in total. The Morgan fingerprint density at radius 2 is 1.85 bits per heavy atom. The lowest BCUT2D eigenvalue weighted by atomic mass is 9.83. The third-order valence-electron chi connectivity index (χ3n) is 3.09. The standard InChI is InChI=1S/C14H19F3N2O/c1-9(18)12(20)19-8-13(2,3)10-5-4-6-11(7-10)14(15,16)17/h4-7,9H,8,18H2,1-3H3,(H,19,20)/t9-/m1/s1. The van der Waals surface area contributed by atoms with E-state index in [1.54, 1.807) is 26.8 Å². The van der Waals surface area contributed by atoms with Gasteiger partial charge in [0.15, 0.2) is 0 Å². The molecular weight excluding hydrogens is 269 g/mol. The average Bonchev–Trinajstić information content (AvgIpc) is 2.35. The Morgan fingerprint density at radius 1 is 1.30 bits per heavy atom. The molecule has 0 bridgehead atoms. The van der Waals surface area contributed by atoms with Gasteiger partial charge in [-0.25, -0.2) is 0 Å². The molecule has 0 unspecified atom stereocenters. The second-order valence-electron chi connectivity index (χ2n) is 5.47. The Balaban J connectivity index is 2.90. The minimum Gasteiger partial charge on any atom is -0.354 e. The fourth-order valence-corrected chi connectivity index (χ4v) is 1.69. The molecule has 1 aromatic carbocycles. The molecule has 0 heterocycles. The van der Waals surface area contributed by atoms with Gasteiger partial charge in [0.2, 0.25) is 5.91 Å². The fraction of sp³-hybridized carbons (Fsp3) is 0.500. The maximum absolute atomic E-state index is 12.7. The first-order valence-corrected chi connectivity index (χ1v) is 6.25. The highest BCUT2D eigenvalue weighted by atomic mass is 19.4. The van der Waals surface area contributed by atoms with Gasteiger partial charge in [0, 0.05) is 12.0 Å². The lowest BCUT2D eigenvalue weighted by Gasteiger charge is -2.27. The zero-order chi connectivity index (χ0) is 15.6. The van der Waals surface area contributed by atoms with Gasteiger partial charge in [-0.2, -0.15) is 13.2 Å². The number of carbonyl (C=O) groups is 1. The molecular formula is C14H19F3N2O. The number of benzene rings is 1. The first-order chi connectivity index (χ1) is 9.04. The van der Waals surface area contributed by atoms with Gasteiger partial charge in [0.1, 0.15) is 0 Å². The predicted molar refractivity (Wildman–Crippen MR) is 71.1 cm³/mol.